The average molecular weight is 371 g/mol. The molecule has 2 amide bonds. The molecule has 1 aliphatic rings. The number of amides is 2. The second-order valence-electron chi connectivity index (χ2n) is 6.44. The van der Waals surface area contributed by atoms with E-state index in [1.54, 1.807) is 23.2 Å². The Morgan fingerprint density at radius 2 is 2.04 bits per heavy atom. The summed E-state index contributed by atoms with van der Waals surface area (Å²) in [5.41, 5.74) is 1.85. The predicted octanol–water partition coefficient (Wildman–Crippen LogP) is 3.40. The van der Waals surface area contributed by atoms with Crippen LogP contribution in [0.4, 0.5) is 4.39 Å². The topological polar surface area (TPSA) is 65.2 Å². The number of halogens is 1. The molecular weight excluding hydrogens is 353 g/mol. The fourth-order valence-electron chi connectivity index (χ4n) is 3.34. The number of aromatic amines is 1. The Balaban J connectivity index is 1.39. The van der Waals surface area contributed by atoms with Crippen LogP contribution >= 0.6 is 11.3 Å². The molecule has 0 atom stereocenters. The van der Waals surface area contributed by atoms with Gasteiger partial charge >= 0.3 is 0 Å². The van der Waals surface area contributed by atoms with Crippen LogP contribution < -0.4 is 5.32 Å². The number of hydrogen-bond donors (Lipinski definition) is 2. The van der Waals surface area contributed by atoms with E-state index in [1.807, 2.05) is 10.8 Å². The SMILES string of the molecule is O=C(NC1CCN(C(=O)c2c[nH]c3cc(F)ccc23)CC1)c1ccsc1. The zero-order valence-electron chi connectivity index (χ0n) is 14.0. The molecule has 26 heavy (non-hydrogen) atoms. The maximum Gasteiger partial charge on any atom is 0.256 e. The highest BCUT2D eigenvalue weighted by Crippen LogP contribution is 2.22. The largest absolute Gasteiger partial charge is 0.360 e. The van der Waals surface area contributed by atoms with Crippen molar-refractivity contribution in [2.75, 3.05) is 13.1 Å². The summed E-state index contributed by atoms with van der Waals surface area (Å²) >= 11 is 1.49. The summed E-state index contributed by atoms with van der Waals surface area (Å²) in [6.07, 6.45) is 3.08. The Labute approximate surface area is 153 Å². The Bertz CT molecular complexity index is 943. The molecule has 3 aromatic rings. The van der Waals surface area contributed by atoms with Crippen molar-refractivity contribution in [3.05, 3.63) is 58.2 Å². The summed E-state index contributed by atoms with van der Waals surface area (Å²) in [4.78, 5) is 29.7. The van der Waals surface area contributed by atoms with Crippen LogP contribution in [0.15, 0.2) is 41.2 Å². The first-order valence-electron chi connectivity index (χ1n) is 8.51. The van der Waals surface area contributed by atoms with E-state index in [4.69, 9.17) is 0 Å². The van der Waals surface area contributed by atoms with E-state index < -0.39 is 0 Å². The van der Waals surface area contributed by atoms with Crippen molar-refractivity contribution in [1.82, 2.24) is 15.2 Å². The normalized spacial score (nSPS) is 15.3. The van der Waals surface area contributed by atoms with Gasteiger partial charge in [0.1, 0.15) is 5.82 Å². The van der Waals surface area contributed by atoms with Gasteiger partial charge in [-0.15, -0.1) is 0 Å². The number of carbonyl (C=O) groups is 2. The summed E-state index contributed by atoms with van der Waals surface area (Å²) in [6, 6.07) is 6.25. The van der Waals surface area contributed by atoms with Crippen molar-refractivity contribution in [2.45, 2.75) is 18.9 Å². The van der Waals surface area contributed by atoms with Crippen LogP contribution in [0.3, 0.4) is 0 Å². The molecule has 2 aromatic heterocycles. The van der Waals surface area contributed by atoms with Gasteiger partial charge in [0.2, 0.25) is 0 Å². The summed E-state index contributed by atoms with van der Waals surface area (Å²) in [5.74, 6) is -0.458. The van der Waals surface area contributed by atoms with E-state index in [-0.39, 0.29) is 23.7 Å². The minimum atomic E-state index is -0.333. The van der Waals surface area contributed by atoms with Crippen molar-refractivity contribution >= 4 is 34.1 Å². The van der Waals surface area contributed by atoms with Gasteiger partial charge < -0.3 is 15.2 Å². The third kappa shape index (κ3) is 3.22. The van der Waals surface area contributed by atoms with Crippen LogP contribution in [-0.4, -0.2) is 40.8 Å². The van der Waals surface area contributed by atoms with Crippen LogP contribution in [0.2, 0.25) is 0 Å². The predicted molar refractivity (Wildman–Crippen MR) is 99.0 cm³/mol. The van der Waals surface area contributed by atoms with E-state index in [0.717, 1.165) is 18.2 Å². The number of nitrogens with one attached hydrogen (secondary N) is 2. The number of carbonyl (C=O) groups excluding carboxylic acids is 2. The van der Waals surface area contributed by atoms with Crippen molar-refractivity contribution in [3.63, 3.8) is 0 Å². The van der Waals surface area contributed by atoms with Crippen LogP contribution in [-0.2, 0) is 0 Å². The highest BCUT2D eigenvalue weighted by Gasteiger charge is 2.26. The Morgan fingerprint density at radius 3 is 2.77 bits per heavy atom. The molecule has 1 aromatic carbocycles. The molecule has 2 N–H and O–H groups in total. The van der Waals surface area contributed by atoms with Gasteiger partial charge in [0.25, 0.3) is 11.8 Å². The maximum absolute atomic E-state index is 13.3. The monoisotopic (exact) mass is 371 g/mol. The number of piperidine rings is 1. The molecule has 1 saturated heterocycles. The van der Waals surface area contributed by atoms with E-state index in [0.29, 0.717) is 29.7 Å². The smallest absolute Gasteiger partial charge is 0.256 e. The first kappa shape index (κ1) is 16.8. The lowest BCUT2D eigenvalue weighted by atomic mass is 10.0. The molecule has 7 heteroatoms. The van der Waals surface area contributed by atoms with Crippen molar-refractivity contribution in [2.24, 2.45) is 0 Å². The van der Waals surface area contributed by atoms with Crippen LogP contribution in [0.25, 0.3) is 10.9 Å². The Hall–Kier alpha value is -2.67. The zero-order valence-corrected chi connectivity index (χ0v) is 14.8. The summed E-state index contributed by atoms with van der Waals surface area (Å²) in [6.45, 7) is 1.17. The third-order valence-corrected chi connectivity index (χ3v) is 5.46. The molecule has 0 spiro atoms. The molecule has 0 unspecified atom stereocenters. The quantitative estimate of drug-likeness (QED) is 0.741. The lowest BCUT2D eigenvalue weighted by Crippen LogP contribution is -2.46. The Morgan fingerprint density at radius 1 is 1.23 bits per heavy atom. The number of thiophene rings is 1. The van der Waals surface area contributed by atoms with Gasteiger partial charge in [0.05, 0.1) is 5.56 Å². The number of H-pyrrole nitrogens is 1. The molecule has 0 aliphatic carbocycles. The number of fused-ring (bicyclic) bond motifs is 1. The standard InChI is InChI=1S/C19H18FN3O2S/c20-13-1-2-15-16(10-21-17(15)9-13)19(25)23-6-3-14(4-7-23)22-18(24)12-5-8-26-11-12/h1-2,5,8-11,14,21H,3-4,6-7H2,(H,22,24). The molecule has 4 rings (SSSR count). The van der Waals surface area contributed by atoms with Crippen LogP contribution in [0.5, 0.6) is 0 Å². The first-order valence-corrected chi connectivity index (χ1v) is 9.45. The summed E-state index contributed by atoms with van der Waals surface area (Å²) in [5, 5.41) is 7.46. The number of nitrogens with zero attached hydrogens (tertiary/aromatic N) is 1. The van der Waals surface area contributed by atoms with Gasteiger partial charge in [-0.1, -0.05) is 0 Å². The van der Waals surface area contributed by atoms with E-state index in [1.165, 1.54) is 23.5 Å². The Kier molecular flexibility index (Phi) is 4.46. The van der Waals surface area contributed by atoms with Gasteiger partial charge in [0, 0.05) is 47.2 Å². The van der Waals surface area contributed by atoms with E-state index in [2.05, 4.69) is 10.3 Å². The third-order valence-electron chi connectivity index (χ3n) is 4.77. The number of aromatic nitrogens is 1. The van der Waals surface area contributed by atoms with Crippen LogP contribution in [0, 0.1) is 5.82 Å². The minimum Gasteiger partial charge on any atom is -0.360 e. The maximum atomic E-state index is 13.3. The van der Waals surface area contributed by atoms with Crippen molar-refractivity contribution in [1.29, 1.82) is 0 Å². The molecule has 0 bridgehead atoms. The molecule has 134 valence electrons. The lowest BCUT2D eigenvalue weighted by molar-refractivity contribution is 0.0700. The van der Waals surface area contributed by atoms with Gasteiger partial charge in [-0.25, -0.2) is 4.39 Å². The number of benzene rings is 1. The fraction of sp³-hybridized carbons (Fsp3) is 0.263. The molecule has 0 saturated carbocycles. The second-order valence-corrected chi connectivity index (χ2v) is 7.22. The highest BCUT2D eigenvalue weighted by molar-refractivity contribution is 7.08. The fourth-order valence-corrected chi connectivity index (χ4v) is 3.97. The molecule has 0 radical (unpaired) electrons. The summed E-state index contributed by atoms with van der Waals surface area (Å²) in [7, 11) is 0. The van der Waals surface area contributed by atoms with Gasteiger partial charge in [-0.2, -0.15) is 11.3 Å². The van der Waals surface area contributed by atoms with E-state index >= 15 is 0 Å². The molecule has 3 heterocycles. The van der Waals surface area contributed by atoms with Crippen molar-refractivity contribution < 1.29 is 14.0 Å². The minimum absolute atomic E-state index is 0.0605. The molecule has 1 fully saturated rings. The van der Waals surface area contributed by atoms with Gasteiger partial charge in [-0.3, -0.25) is 9.59 Å². The zero-order chi connectivity index (χ0) is 18.1. The lowest BCUT2D eigenvalue weighted by Gasteiger charge is -2.32. The molecule has 5 nitrogen and oxygen atoms in total. The van der Waals surface area contributed by atoms with Crippen molar-refractivity contribution in [3.8, 4) is 0 Å². The molecular formula is C19H18FN3O2S. The summed E-state index contributed by atoms with van der Waals surface area (Å²) < 4.78 is 13.3. The molecule has 1 aliphatic heterocycles. The van der Waals surface area contributed by atoms with Gasteiger partial charge in [0.15, 0.2) is 0 Å². The van der Waals surface area contributed by atoms with Crippen LogP contribution in [0.1, 0.15) is 33.6 Å². The van der Waals surface area contributed by atoms with Gasteiger partial charge in [-0.05, 0) is 42.5 Å². The second kappa shape index (κ2) is 6.92. The first-order chi connectivity index (χ1) is 12.6. The average Bonchev–Trinajstić information content (AvgIpc) is 3.31. The highest BCUT2D eigenvalue weighted by atomic mass is 32.1. The number of likely N-dealkylation sites (tertiary alicyclic amines) is 1. The van der Waals surface area contributed by atoms with E-state index in [9.17, 15) is 14.0 Å². The number of rotatable bonds is 3. The number of hydrogen-bond acceptors (Lipinski definition) is 3.